The Morgan fingerprint density at radius 2 is 2.10 bits per heavy atom. The number of carbonyl (C=O) groups excluding carboxylic acids is 1. The van der Waals surface area contributed by atoms with E-state index in [0.717, 1.165) is 13.1 Å². The zero-order valence-corrected chi connectivity index (χ0v) is 16.5. The Hall–Kier alpha value is -2.49. The van der Waals surface area contributed by atoms with E-state index in [2.05, 4.69) is 15.2 Å². The van der Waals surface area contributed by atoms with Crippen molar-refractivity contribution >= 4 is 11.6 Å². The van der Waals surface area contributed by atoms with Crippen molar-refractivity contribution in [2.75, 3.05) is 50.8 Å². The minimum absolute atomic E-state index is 0.0824. The van der Waals surface area contributed by atoms with E-state index in [1.165, 1.54) is 12.3 Å². The first kappa shape index (κ1) is 21.2. The first-order valence-corrected chi connectivity index (χ1v) is 9.77. The highest BCUT2D eigenvalue weighted by molar-refractivity contribution is 5.91. The maximum Gasteiger partial charge on any atom is 0.273 e. The summed E-state index contributed by atoms with van der Waals surface area (Å²) < 4.78 is 24.4. The molecule has 1 saturated heterocycles. The van der Waals surface area contributed by atoms with Gasteiger partial charge in [-0.05, 0) is 19.1 Å². The molecule has 3 rings (SSSR count). The van der Waals surface area contributed by atoms with Crippen molar-refractivity contribution in [1.82, 2.24) is 15.2 Å². The average molecular weight is 406 g/mol. The molecular weight excluding hydrogens is 379 g/mol. The molecule has 2 aromatic rings. The van der Waals surface area contributed by atoms with Crippen molar-refractivity contribution in [3.05, 3.63) is 47.9 Å². The van der Waals surface area contributed by atoms with Gasteiger partial charge >= 0.3 is 0 Å². The molecule has 1 aliphatic heterocycles. The van der Waals surface area contributed by atoms with Gasteiger partial charge in [-0.1, -0.05) is 12.1 Å². The second kappa shape index (κ2) is 10.3. The van der Waals surface area contributed by atoms with Gasteiger partial charge in [0.15, 0.2) is 5.69 Å². The number of nitrogens with one attached hydrogen (secondary N) is 1. The molecule has 1 aromatic heterocycles. The summed E-state index contributed by atoms with van der Waals surface area (Å²) in [5.74, 6) is -0.167. The number of carbonyl (C=O) groups is 1. The molecule has 0 saturated carbocycles. The molecule has 2 N–H and O–H groups in total. The molecule has 0 aliphatic carbocycles. The first-order valence-electron chi connectivity index (χ1n) is 9.77. The minimum Gasteiger partial charge on any atom is -0.447 e. The number of hydrogen-bond acceptors (Lipinski definition) is 7. The van der Waals surface area contributed by atoms with Crippen LogP contribution in [-0.4, -0.2) is 72.9 Å². The topological polar surface area (TPSA) is 91.1 Å². The first-order chi connectivity index (χ1) is 14.1. The molecule has 0 unspecified atom stereocenters. The maximum absolute atomic E-state index is 13.9. The van der Waals surface area contributed by atoms with Crippen LogP contribution in [0.1, 0.15) is 23.3 Å². The number of amides is 1. The molecule has 0 spiro atoms. The molecule has 9 heteroatoms. The lowest BCUT2D eigenvalue weighted by molar-refractivity contribution is 0.0417. The average Bonchev–Trinajstić information content (AvgIpc) is 3.20. The number of hydrogen-bond donors (Lipinski definition) is 2. The highest BCUT2D eigenvalue weighted by Crippen LogP contribution is 2.20. The van der Waals surface area contributed by atoms with Crippen LogP contribution in [0.25, 0.3) is 0 Å². The Bertz CT molecular complexity index is 792. The van der Waals surface area contributed by atoms with Gasteiger partial charge in [-0.3, -0.25) is 9.69 Å². The molecule has 158 valence electrons. The lowest BCUT2D eigenvalue weighted by Gasteiger charge is -2.35. The minimum atomic E-state index is -0.768. The fourth-order valence-corrected chi connectivity index (χ4v) is 3.15. The Morgan fingerprint density at radius 3 is 2.83 bits per heavy atom. The van der Waals surface area contributed by atoms with E-state index in [4.69, 9.17) is 9.15 Å². The Morgan fingerprint density at radius 1 is 1.34 bits per heavy atom. The van der Waals surface area contributed by atoms with Gasteiger partial charge in [-0.15, -0.1) is 0 Å². The van der Waals surface area contributed by atoms with Crippen molar-refractivity contribution < 1.29 is 23.4 Å². The lowest BCUT2D eigenvalue weighted by Crippen LogP contribution is -2.46. The van der Waals surface area contributed by atoms with Gasteiger partial charge in [0, 0.05) is 39.3 Å². The number of ether oxygens (including phenoxy) is 1. The predicted molar refractivity (Wildman–Crippen MR) is 105 cm³/mol. The SMILES string of the molecule is CCOC[C@H](O)CNC(=O)c1coc(CN2CCN(c3ccccc3F)CC2)n1. The van der Waals surface area contributed by atoms with E-state index in [-0.39, 0.29) is 24.7 Å². The third-order valence-electron chi connectivity index (χ3n) is 4.72. The monoisotopic (exact) mass is 406 g/mol. The summed E-state index contributed by atoms with van der Waals surface area (Å²) in [6, 6.07) is 6.78. The van der Waals surface area contributed by atoms with Crippen LogP contribution in [0, 0.1) is 5.82 Å². The second-order valence-electron chi connectivity index (χ2n) is 6.86. The van der Waals surface area contributed by atoms with Crippen LogP contribution in [-0.2, 0) is 11.3 Å². The van der Waals surface area contributed by atoms with Crippen LogP contribution in [0.15, 0.2) is 34.9 Å². The number of halogens is 1. The molecule has 1 fully saturated rings. The summed E-state index contributed by atoms with van der Waals surface area (Å²) >= 11 is 0. The van der Waals surface area contributed by atoms with Gasteiger partial charge in [-0.2, -0.15) is 0 Å². The quantitative estimate of drug-likeness (QED) is 0.648. The van der Waals surface area contributed by atoms with Crippen LogP contribution >= 0.6 is 0 Å². The lowest BCUT2D eigenvalue weighted by atomic mass is 10.2. The number of oxazole rings is 1. The van der Waals surface area contributed by atoms with Crippen molar-refractivity contribution in [3.63, 3.8) is 0 Å². The number of piperazine rings is 1. The van der Waals surface area contributed by atoms with E-state index in [1.807, 2.05) is 17.9 Å². The number of aliphatic hydroxyl groups is 1. The largest absolute Gasteiger partial charge is 0.447 e. The van der Waals surface area contributed by atoms with E-state index in [0.29, 0.717) is 37.8 Å². The molecule has 29 heavy (non-hydrogen) atoms. The standard InChI is InChI=1S/C20H27FN4O4/c1-2-28-13-15(26)11-22-20(27)17-14-29-19(23-17)12-24-7-9-25(10-8-24)18-6-4-3-5-16(18)21/h3-6,14-15,26H,2,7-13H2,1H3,(H,22,27)/t15-/m1/s1. The summed E-state index contributed by atoms with van der Waals surface area (Å²) in [4.78, 5) is 20.5. The normalized spacial score (nSPS) is 16.0. The summed E-state index contributed by atoms with van der Waals surface area (Å²) in [6.45, 7) is 5.95. The number of anilines is 1. The van der Waals surface area contributed by atoms with Crippen LogP contribution in [0.3, 0.4) is 0 Å². The molecule has 1 amide bonds. The number of benzene rings is 1. The highest BCUT2D eigenvalue weighted by Gasteiger charge is 2.21. The summed E-state index contributed by atoms with van der Waals surface area (Å²) in [5, 5.41) is 12.3. The third-order valence-corrected chi connectivity index (χ3v) is 4.72. The van der Waals surface area contributed by atoms with Crippen molar-refractivity contribution in [1.29, 1.82) is 0 Å². The van der Waals surface area contributed by atoms with Crippen molar-refractivity contribution in [2.45, 2.75) is 19.6 Å². The van der Waals surface area contributed by atoms with Crippen LogP contribution in [0.5, 0.6) is 0 Å². The zero-order valence-electron chi connectivity index (χ0n) is 16.5. The summed E-state index contributed by atoms with van der Waals surface area (Å²) in [7, 11) is 0. The van der Waals surface area contributed by atoms with Gasteiger partial charge in [0.05, 0.1) is 24.9 Å². The van der Waals surface area contributed by atoms with Gasteiger partial charge in [0.2, 0.25) is 5.89 Å². The number of rotatable bonds is 9. The van der Waals surface area contributed by atoms with Crippen LogP contribution in [0.2, 0.25) is 0 Å². The second-order valence-corrected chi connectivity index (χ2v) is 6.86. The van der Waals surface area contributed by atoms with Gasteiger partial charge in [0.25, 0.3) is 5.91 Å². The van der Waals surface area contributed by atoms with E-state index >= 15 is 0 Å². The Kier molecular flexibility index (Phi) is 7.56. The number of para-hydroxylation sites is 1. The third kappa shape index (κ3) is 5.99. The zero-order chi connectivity index (χ0) is 20.6. The molecular formula is C20H27FN4O4. The van der Waals surface area contributed by atoms with E-state index in [1.54, 1.807) is 12.1 Å². The van der Waals surface area contributed by atoms with Gasteiger partial charge in [0.1, 0.15) is 12.1 Å². The molecule has 1 atom stereocenters. The molecule has 0 bridgehead atoms. The molecule has 1 aromatic carbocycles. The summed E-state index contributed by atoms with van der Waals surface area (Å²) in [6.07, 6.45) is 0.547. The van der Waals surface area contributed by atoms with Crippen molar-refractivity contribution in [2.24, 2.45) is 0 Å². The number of aliphatic hydroxyl groups excluding tert-OH is 1. The predicted octanol–water partition coefficient (Wildman–Crippen LogP) is 1.26. The Labute approximate surface area is 169 Å². The van der Waals surface area contributed by atoms with Crippen LogP contribution < -0.4 is 10.2 Å². The van der Waals surface area contributed by atoms with Crippen molar-refractivity contribution in [3.8, 4) is 0 Å². The number of nitrogens with zero attached hydrogens (tertiary/aromatic N) is 3. The smallest absolute Gasteiger partial charge is 0.273 e. The van der Waals surface area contributed by atoms with Gasteiger partial charge < -0.3 is 24.5 Å². The van der Waals surface area contributed by atoms with E-state index < -0.39 is 12.0 Å². The van der Waals surface area contributed by atoms with Gasteiger partial charge in [-0.25, -0.2) is 9.37 Å². The fraction of sp³-hybridized carbons (Fsp3) is 0.500. The Balaban J connectivity index is 1.45. The number of aromatic nitrogens is 1. The molecule has 1 aliphatic rings. The molecule has 0 radical (unpaired) electrons. The molecule has 8 nitrogen and oxygen atoms in total. The highest BCUT2D eigenvalue weighted by atomic mass is 19.1. The van der Waals surface area contributed by atoms with E-state index in [9.17, 15) is 14.3 Å². The maximum atomic E-state index is 13.9. The fourth-order valence-electron chi connectivity index (χ4n) is 3.15. The molecule has 2 heterocycles. The summed E-state index contributed by atoms with van der Waals surface area (Å²) in [5.41, 5.74) is 0.794. The van der Waals surface area contributed by atoms with Crippen LogP contribution in [0.4, 0.5) is 10.1 Å².